The van der Waals surface area contributed by atoms with E-state index in [1.807, 2.05) is 38.1 Å². The average Bonchev–Trinajstić information content (AvgIpc) is 2.88. The van der Waals surface area contributed by atoms with Crippen LogP contribution in [0.15, 0.2) is 24.3 Å². The molecule has 0 saturated carbocycles. The number of nitrogens with one attached hydrogen (secondary N) is 1. The normalized spacial score (nSPS) is 19.3. The van der Waals surface area contributed by atoms with Crippen LogP contribution in [0.1, 0.15) is 25.8 Å². The zero-order chi connectivity index (χ0) is 16.9. The molecule has 128 valence electrons. The Morgan fingerprint density at radius 3 is 2.70 bits per heavy atom. The molecule has 1 aliphatic heterocycles. The highest BCUT2D eigenvalue weighted by Crippen LogP contribution is 2.19. The summed E-state index contributed by atoms with van der Waals surface area (Å²) < 4.78 is 28.8. The van der Waals surface area contributed by atoms with E-state index in [0.29, 0.717) is 13.0 Å². The van der Waals surface area contributed by atoms with Crippen LogP contribution in [-0.2, 0) is 16.3 Å². The first-order valence-electron chi connectivity index (χ1n) is 7.92. The molecule has 1 fully saturated rings. The number of carbonyl (C=O) groups excluding carboxylic acids is 1. The summed E-state index contributed by atoms with van der Waals surface area (Å²) in [6, 6.07) is 7.16. The monoisotopic (exact) mass is 340 g/mol. The second kappa shape index (κ2) is 7.68. The van der Waals surface area contributed by atoms with Crippen molar-refractivity contribution in [3.8, 4) is 5.75 Å². The molecule has 6 nitrogen and oxygen atoms in total. The maximum Gasteiger partial charge on any atom is 0.320 e. The molecule has 0 aliphatic carbocycles. The van der Waals surface area contributed by atoms with E-state index >= 15 is 0 Å². The van der Waals surface area contributed by atoms with Crippen LogP contribution >= 0.6 is 0 Å². The second-order valence-electron chi connectivity index (χ2n) is 5.57. The van der Waals surface area contributed by atoms with Crippen LogP contribution < -0.4 is 10.1 Å². The third-order valence-electron chi connectivity index (χ3n) is 4.06. The summed E-state index contributed by atoms with van der Waals surface area (Å²) in [5.74, 6) is 0.956. The first-order chi connectivity index (χ1) is 11.0. The van der Waals surface area contributed by atoms with Crippen LogP contribution in [0, 0.1) is 0 Å². The minimum absolute atomic E-state index is 0.0494. The summed E-state index contributed by atoms with van der Waals surface area (Å²) in [7, 11) is -3.01. The first kappa shape index (κ1) is 17.6. The molecule has 1 aromatic carbocycles. The smallest absolute Gasteiger partial charge is 0.320 e. The van der Waals surface area contributed by atoms with E-state index < -0.39 is 9.84 Å². The molecule has 2 amide bonds. The van der Waals surface area contributed by atoms with Gasteiger partial charge in [0.25, 0.3) is 0 Å². The molecule has 23 heavy (non-hydrogen) atoms. The molecule has 1 atom stereocenters. The number of urea groups is 1. The number of aryl methyl sites for hydroxylation is 1. The maximum absolute atomic E-state index is 12.3. The van der Waals surface area contributed by atoms with Crippen LogP contribution in [0.25, 0.3) is 0 Å². The number of amides is 2. The van der Waals surface area contributed by atoms with Gasteiger partial charge in [-0.25, -0.2) is 13.2 Å². The number of nitrogens with zero attached hydrogens (tertiary/aromatic N) is 1. The zero-order valence-corrected chi connectivity index (χ0v) is 14.4. The van der Waals surface area contributed by atoms with E-state index in [4.69, 9.17) is 4.74 Å². The Bertz CT molecular complexity index is 645. The minimum Gasteiger partial charge on any atom is -0.473 e. The van der Waals surface area contributed by atoms with E-state index in [9.17, 15) is 13.2 Å². The predicted molar refractivity (Wildman–Crippen MR) is 89.3 cm³/mol. The van der Waals surface area contributed by atoms with Gasteiger partial charge in [0.1, 0.15) is 5.75 Å². The van der Waals surface area contributed by atoms with E-state index in [0.717, 1.165) is 17.7 Å². The molecule has 1 heterocycles. The second-order valence-corrected chi connectivity index (χ2v) is 7.80. The van der Waals surface area contributed by atoms with Gasteiger partial charge in [-0.3, -0.25) is 0 Å². The fourth-order valence-electron chi connectivity index (χ4n) is 2.80. The van der Waals surface area contributed by atoms with E-state index in [-0.39, 0.29) is 30.3 Å². The van der Waals surface area contributed by atoms with Crippen LogP contribution in [-0.4, -0.2) is 50.2 Å². The fraction of sp³-hybridized carbons (Fsp3) is 0.562. The van der Waals surface area contributed by atoms with Crippen molar-refractivity contribution in [2.75, 3.05) is 24.8 Å². The molecule has 1 unspecified atom stereocenters. The number of para-hydroxylation sites is 1. The fourth-order valence-corrected chi connectivity index (χ4v) is 4.53. The Labute approximate surface area is 137 Å². The van der Waals surface area contributed by atoms with Gasteiger partial charge < -0.3 is 15.0 Å². The molecule has 2 rings (SSSR count). The van der Waals surface area contributed by atoms with Gasteiger partial charge in [0.05, 0.1) is 11.5 Å². The largest absolute Gasteiger partial charge is 0.473 e. The summed E-state index contributed by atoms with van der Waals surface area (Å²) in [4.78, 5) is 13.8. The van der Waals surface area contributed by atoms with Crippen LogP contribution in [0.3, 0.4) is 0 Å². The number of carbonyl (C=O) groups is 1. The lowest BCUT2D eigenvalue weighted by atomic mass is 10.1. The molecule has 7 heteroatoms. The van der Waals surface area contributed by atoms with Crippen molar-refractivity contribution in [2.24, 2.45) is 0 Å². The number of hydrogen-bond acceptors (Lipinski definition) is 4. The minimum atomic E-state index is -3.01. The van der Waals surface area contributed by atoms with Crippen molar-refractivity contribution >= 4 is 15.9 Å². The third-order valence-corrected chi connectivity index (χ3v) is 5.81. The summed E-state index contributed by atoms with van der Waals surface area (Å²) in [6.07, 6.45) is 1.36. The van der Waals surface area contributed by atoms with Crippen molar-refractivity contribution in [1.29, 1.82) is 0 Å². The molecule has 1 aliphatic rings. The van der Waals surface area contributed by atoms with E-state index in [1.54, 1.807) is 4.90 Å². The lowest BCUT2D eigenvalue weighted by molar-refractivity contribution is 0.171. The Morgan fingerprint density at radius 1 is 1.35 bits per heavy atom. The van der Waals surface area contributed by atoms with Crippen LogP contribution in [0.5, 0.6) is 5.75 Å². The topological polar surface area (TPSA) is 75.7 Å². The van der Waals surface area contributed by atoms with Crippen molar-refractivity contribution in [3.63, 3.8) is 0 Å². The highest BCUT2D eigenvalue weighted by Gasteiger charge is 2.33. The zero-order valence-electron chi connectivity index (χ0n) is 13.6. The van der Waals surface area contributed by atoms with Gasteiger partial charge in [-0.15, -0.1) is 0 Å². The third kappa shape index (κ3) is 4.60. The standard InChI is InChI=1S/C16H24N2O4S/c1-3-13-7-5-6-8-15(13)22-12-17-16(19)18(4-2)14-9-10-23(20,21)11-14/h5-8,14H,3-4,9-12H2,1-2H3,(H,17,19). The number of hydrogen-bond donors (Lipinski definition) is 1. The number of sulfone groups is 1. The predicted octanol–water partition coefficient (Wildman–Crippen LogP) is 1.80. The summed E-state index contributed by atoms with van der Waals surface area (Å²) in [5.41, 5.74) is 1.08. The lowest BCUT2D eigenvalue weighted by Crippen LogP contribution is -2.47. The number of ether oxygens (including phenoxy) is 1. The van der Waals surface area contributed by atoms with Crippen LogP contribution in [0.2, 0.25) is 0 Å². The van der Waals surface area contributed by atoms with E-state index in [1.165, 1.54) is 0 Å². The van der Waals surface area contributed by atoms with E-state index in [2.05, 4.69) is 5.32 Å². The van der Waals surface area contributed by atoms with Gasteiger partial charge in [0.15, 0.2) is 16.6 Å². The molecule has 1 saturated heterocycles. The Balaban J connectivity index is 1.88. The van der Waals surface area contributed by atoms with Crippen molar-refractivity contribution in [3.05, 3.63) is 29.8 Å². The Morgan fingerprint density at radius 2 is 2.09 bits per heavy atom. The lowest BCUT2D eigenvalue weighted by Gasteiger charge is -2.27. The average molecular weight is 340 g/mol. The van der Waals surface area contributed by atoms with Gasteiger partial charge in [-0.1, -0.05) is 25.1 Å². The molecule has 1 aromatic rings. The van der Waals surface area contributed by atoms with Crippen molar-refractivity contribution < 1.29 is 17.9 Å². The molecule has 0 spiro atoms. The van der Waals surface area contributed by atoms with Gasteiger partial charge in [0, 0.05) is 12.6 Å². The molecular formula is C16H24N2O4S. The van der Waals surface area contributed by atoms with Gasteiger partial charge in [0.2, 0.25) is 0 Å². The SMILES string of the molecule is CCc1ccccc1OCNC(=O)N(CC)C1CCS(=O)(=O)C1. The van der Waals surface area contributed by atoms with Crippen LogP contribution in [0.4, 0.5) is 4.79 Å². The molecular weight excluding hydrogens is 316 g/mol. The Kier molecular flexibility index (Phi) is 5.87. The molecule has 0 bridgehead atoms. The van der Waals surface area contributed by atoms with Crippen molar-refractivity contribution in [2.45, 2.75) is 32.7 Å². The molecule has 1 N–H and O–H groups in total. The maximum atomic E-state index is 12.3. The highest BCUT2D eigenvalue weighted by molar-refractivity contribution is 7.91. The Hall–Kier alpha value is -1.76. The first-order valence-corrected chi connectivity index (χ1v) is 9.74. The highest BCUT2D eigenvalue weighted by atomic mass is 32.2. The van der Waals surface area contributed by atoms with Gasteiger partial charge in [-0.2, -0.15) is 0 Å². The summed E-state index contributed by atoms with van der Waals surface area (Å²) >= 11 is 0. The molecule has 0 aromatic heterocycles. The summed E-state index contributed by atoms with van der Waals surface area (Å²) in [6.45, 7) is 4.42. The number of rotatable bonds is 6. The molecule has 0 radical (unpaired) electrons. The number of benzene rings is 1. The summed E-state index contributed by atoms with van der Waals surface area (Å²) in [5, 5.41) is 2.71. The van der Waals surface area contributed by atoms with Gasteiger partial charge >= 0.3 is 6.03 Å². The van der Waals surface area contributed by atoms with Crippen molar-refractivity contribution in [1.82, 2.24) is 10.2 Å². The van der Waals surface area contributed by atoms with Gasteiger partial charge in [-0.05, 0) is 31.4 Å². The quantitative estimate of drug-likeness (QED) is 0.801.